The zero-order valence-electron chi connectivity index (χ0n) is 12.2. The van der Waals surface area contributed by atoms with E-state index in [-0.39, 0.29) is 11.9 Å². The fourth-order valence-corrected chi connectivity index (χ4v) is 3.16. The van der Waals surface area contributed by atoms with E-state index in [4.69, 9.17) is 0 Å². The molecule has 1 amide bonds. The Morgan fingerprint density at radius 3 is 2.52 bits per heavy atom. The van der Waals surface area contributed by atoms with Gasteiger partial charge in [0.2, 0.25) is 11.9 Å². The average molecular weight is 354 g/mol. The molecule has 6 nitrogen and oxygen atoms in total. The summed E-state index contributed by atoms with van der Waals surface area (Å²) in [6.07, 6.45) is 5.38. The Morgan fingerprint density at radius 1 is 1.19 bits per heavy atom. The second kappa shape index (κ2) is 6.27. The van der Waals surface area contributed by atoms with Gasteiger partial charge in [-0.2, -0.15) is 0 Å². The largest absolute Gasteiger partial charge is 0.338 e. The molecule has 0 aromatic carbocycles. The zero-order valence-corrected chi connectivity index (χ0v) is 13.8. The van der Waals surface area contributed by atoms with E-state index >= 15 is 0 Å². The van der Waals surface area contributed by atoms with Gasteiger partial charge in [0.1, 0.15) is 6.04 Å². The lowest BCUT2D eigenvalue weighted by atomic mass is 10.1. The van der Waals surface area contributed by atoms with Crippen LogP contribution in [-0.2, 0) is 4.79 Å². The molecule has 1 atom stereocenters. The van der Waals surface area contributed by atoms with Crippen LogP contribution in [0.2, 0.25) is 0 Å². The Balaban J connectivity index is 1.71. The van der Waals surface area contributed by atoms with Crippen LogP contribution in [0.15, 0.2) is 16.9 Å². The Hall–Kier alpha value is -1.21. The summed E-state index contributed by atoms with van der Waals surface area (Å²) < 4.78 is 0.854. The lowest BCUT2D eigenvalue weighted by molar-refractivity contribution is -0.134. The molecular weight excluding hydrogens is 334 g/mol. The summed E-state index contributed by atoms with van der Waals surface area (Å²) in [7, 11) is 2.10. The maximum Gasteiger partial charge on any atom is 0.245 e. The molecule has 2 saturated heterocycles. The zero-order chi connectivity index (χ0) is 14.8. The first-order valence-corrected chi connectivity index (χ1v) is 8.16. The standard InChI is InChI=1S/C14H20BrN5O/c1-18-5-7-19(8-6-18)13(21)12-3-2-4-20(12)14-16-9-11(15)10-17-14/h9-10,12H,2-8H2,1H3. The fourth-order valence-electron chi connectivity index (χ4n) is 2.95. The van der Waals surface area contributed by atoms with Gasteiger partial charge < -0.3 is 14.7 Å². The van der Waals surface area contributed by atoms with Crippen LogP contribution >= 0.6 is 15.9 Å². The molecule has 0 N–H and O–H groups in total. The molecular formula is C14H20BrN5O. The highest BCUT2D eigenvalue weighted by atomic mass is 79.9. The molecule has 0 saturated carbocycles. The third-order valence-electron chi connectivity index (χ3n) is 4.22. The van der Waals surface area contributed by atoms with E-state index in [9.17, 15) is 4.79 Å². The minimum absolute atomic E-state index is 0.102. The van der Waals surface area contributed by atoms with E-state index in [0.29, 0.717) is 5.95 Å². The van der Waals surface area contributed by atoms with Gasteiger partial charge in [-0.1, -0.05) is 0 Å². The number of piperazine rings is 1. The number of aromatic nitrogens is 2. The third-order valence-corrected chi connectivity index (χ3v) is 4.63. The topological polar surface area (TPSA) is 52.6 Å². The van der Waals surface area contributed by atoms with Gasteiger partial charge in [-0.25, -0.2) is 9.97 Å². The monoisotopic (exact) mass is 353 g/mol. The summed E-state index contributed by atoms with van der Waals surface area (Å²) in [5.41, 5.74) is 0. The fraction of sp³-hybridized carbons (Fsp3) is 0.643. The summed E-state index contributed by atoms with van der Waals surface area (Å²) in [4.78, 5) is 27.7. The predicted molar refractivity (Wildman–Crippen MR) is 84.2 cm³/mol. The van der Waals surface area contributed by atoms with Crippen molar-refractivity contribution in [2.24, 2.45) is 0 Å². The van der Waals surface area contributed by atoms with Gasteiger partial charge in [-0.05, 0) is 35.8 Å². The van der Waals surface area contributed by atoms with Crippen LogP contribution in [-0.4, -0.2) is 71.5 Å². The Bertz CT molecular complexity index is 501. The molecule has 1 aromatic rings. The second-order valence-electron chi connectivity index (χ2n) is 5.68. The summed E-state index contributed by atoms with van der Waals surface area (Å²) in [5.74, 6) is 0.885. The molecule has 1 aromatic heterocycles. The number of hydrogen-bond acceptors (Lipinski definition) is 5. The molecule has 2 fully saturated rings. The quantitative estimate of drug-likeness (QED) is 0.793. The normalized spacial score (nSPS) is 23.6. The highest BCUT2D eigenvalue weighted by molar-refractivity contribution is 9.10. The molecule has 2 aliphatic rings. The Kier molecular flexibility index (Phi) is 4.40. The molecule has 0 radical (unpaired) electrons. The van der Waals surface area contributed by atoms with Crippen molar-refractivity contribution in [1.82, 2.24) is 19.8 Å². The molecule has 1 unspecified atom stereocenters. The molecule has 114 valence electrons. The number of likely N-dealkylation sites (N-methyl/N-ethyl adjacent to an activating group) is 1. The van der Waals surface area contributed by atoms with Gasteiger partial charge in [0.25, 0.3) is 0 Å². The first-order chi connectivity index (χ1) is 10.1. The van der Waals surface area contributed by atoms with E-state index < -0.39 is 0 Å². The van der Waals surface area contributed by atoms with Gasteiger partial charge in [-0.15, -0.1) is 0 Å². The summed E-state index contributed by atoms with van der Waals surface area (Å²) >= 11 is 3.34. The average Bonchev–Trinajstić information content (AvgIpc) is 2.97. The van der Waals surface area contributed by atoms with Gasteiger partial charge in [-0.3, -0.25) is 4.79 Å². The number of rotatable bonds is 2. The summed E-state index contributed by atoms with van der Waals surface area (Å²) in [6, 6.07) is -0.102. The van der Waals surface area contributed by atoms with Crippen molar-refractivity contribution in [3.05, 3.63) is 16.9 Å². The van der Waals surface area contributed by atoms with Crippen molar-refractivity contribution >= 4 is 27.8 Å². The van der Waals surface area contributed by atoms with Crippen molar-refractivity contribution in [3.63, 3.8) is 0 Å². The van der Waals surface area contributed by atoms with Crippen LogP contribution in [0.1, 0.15) is 12.8 Å². The maximum atomic E-state index is 12.8. The van der Waals surface area contributed by atoms with Gasteiger partial charge >= 0.3 is 0 Å². The van der Waals surface area contributed by atoms with Crippen LogP contribution in [0.3, 0.4) is 0 Å². The SMILES string of the molecule is CN1CCN(C(=O)C2CCCN2c2ncc(Br)cn2)CC1. The number of anilines is 1. The molecule has 0 spiro atoms. The second-order valence-corrected chi connectivity index (χ2v) is 6.60. The van der Waals surface area contributed by atoms with Gasteiger partial charge in [0, 0.05) is 45.1 Å². The van der Waals surface area contributed by atoms with Crippen molar-refractivity contribution in [2.75, 3.05) is 44.7 Å². The van der Waals surface area contributed by atoms with Crippen LogP contribution < -0.4 is 4.90 Å². The number of amides is 1. The minimum Gasteiger partial charge on any atom is -0.338 e. The maximum absolute atomic E-state index is 12.8. The van der Waals surface area contributed by atoms with Crippen LogP contribution in [0, 0.1) is 0 Å². The first kappa shape index (κ1) is 14.7. The van der Waals surface area contributed by atoms with E-state index in [2.05, 4.69) is 37.8 Å². The number of hydrogen-bond donors (Lipinski definition) is 0. The minimum atomic E-state index is -0.102. The number of carbonyl (C=O) groups is 1. The van der Waals surface area contributed by atoms with Crippen molar-refractivity contribution < 1.29 is 4.79 Å². The van der Waals surface area contributed by atoms with E-state index in [1.165, 1.54) is 0 Å². The molecule has 0 bridgehead atoms. The van der Waals surface area contributed by atoms with Crippen LogP contribution in [0.5, 0.6) is 0 Å². The Morgan fingerprint density at radius 2 is 1.86 bits per heavy atom. The Labute approximate surface area is 133 Å². The highest BCUT2D eigenvalue weighted by Gasteiger charge is 2.35. The summed E-state index contributed by atoms with van der Waals surface area (Å²) in [6.45, 7) is 4.40. The highest BCUT2D eigenvalue weighted by Crippen LogP contribution is 2.24. The van der Waals surface area contributed by atoms with Crippen molar-refractivity contribution in [1.29, 1.82) is 0 Å². The smallest absolute Gasteiger partial charge is 0.245 e. The van der Waals surface area contributed by atoms with Gasteiger partial charge in [0.15, 0.2) is 0 Å². The van der Waals surface area contributed by atoms with Crippen LogP contribution in [0.25, 0.3) is 0 Å². The number of carbonyl (C=O) groups excluding carboxylic acids is 1. The molecule has 0 aliphatic carbocycles. The molecule has 21 heavy (non-hydrogen) atoms. The van der Waals surface area contributed by atoms with Crippen molar-refractivity contribution in [3.8, 4) is 0 Å². The number of nitrogens with zero attached hydrogens (tertiary/aromatic N) is 5. The molecule has 3 rings (SSSR count). The van der Waals surface area contributed by atoms with Crippen LogP contribution in [0.4, 0.5) is 5.95 Å². The lowest BCUT2D eigenvalue weighted by Crippen LogP contribution is -2.53. The summed E-state index contributed by atoms with van der Waals surface area (Å²) in [5, 5.41) is 0. The molecule has 3 heterocycles. The van der Waals surface area contributed by atoms with Gasteiger partial charge in [0.05, 0.1) is 4.47 Å². The lowest BCUT2D eigenvalue weighted by Gasteiger charge is -2.35. The van der Waals surface area contributed by atoms with E-state index in [1.54, 1.807) is 12.4 Å². The third kappa shape index (κ3) is 3.18. The molecule has 2 aliphatic heterocycles. The first-order valence-electron chi connectivity index (χ1n) is 7.36. The predicted octanol–water partition coefficient (Wildman–Crippen LogP) is 0.982. The van der Waals surface area contributed by atoms with E-state index in [1.807, 2.05) is 9.80 Å². The molecule has 7 heteroatoms. The van der Waals surface area contributed by atoms with E-state index in [0.717, 1.165) is 50.0 Å². The van der Waals surface area contributed by atoms with Crippen molar-refractivity contribution in [2.45, 2.75) is 18.9 Å². The number of halogens is 1.